The van der Waals surface area contributed by atoms with Crippen LogP contribution in [0.15, 0.2) is 72.9 Å². The smallest absolute Gasteiger partial charge is 0.254 e. The maximum atomic E-state index is 13.4. The maximum absolute atomic E-state index is 13.4. The van der Waals surface area contributed by atoms with E-state index in [4.69, 9.17) is 4.74 Å². The first-order valence-corrected chi connectivity index (χ1v) is 11.9. The average molecular weight is 480 g/mol. The summed E-state index contributed by atoms with van der Waals surface area (Å²) in [7, 11) is 1.60. The van der Waals surface area contributed by atoms with Crippen molar-refractivity contribution in [2.45, 2.75) is 26.9 Å². The van der Waals surface area contributed by atoms with Crippen LogP contribution in [0.25, 0.3) is 0 Å². The molecule has 0 saturated heterocycles. The van der Waals surface area contributed by atoms with Crippen LogP contribution < -0.4 is 0 Å². The van der Waals surface area contributed by atoms with Gasteiger partial charge in [0, 0.05) is 44.2 Å². The highest BCUT2D eigenvalue weighted by molar-refractivity contribution is 5.96. The normalized spacial score (nSPS) is 11.0. The van der Waals surface area contributed by atoms with E-state index in [-0.39, 0.29) is 24.3 Å². The first kappa shape index (κ1) is 26.2. The second-order valence-corrected chi connectivity index (χ2v) is 9.01. The second kappa shape index (κ2) is 12.9. The predicted octanol–water partition coefficient (Wildman–Crippen LogP) is 4.45. The third kappa shape index (κ3) is 7.79. The molecule has 0 aliphatic carbocycles. The molecule has 7 heteroatoms. The van der Waals surface area contributed by atoms with E-state index < -0.39 is 5.82 Å². The maximum Gasteiger partial charge on any atom is 0.254 e. The van der Waals surface area contributed by atoms with E-state index >= 15 is 0 Å². The quantitative estimate of drug-likeness (QED) is 0.386. The van der Waals surface area contributed by atoms with Gasteiger partial charge < -0.3 is 19.1 Å². The topological polar surface area (TPSA) is 54.8 Å². The molecule has 6 nitrogen and oxygen atoms in total. The molecule has 0 N–H and O–H groups in total. The third-order valence-electron chi connectivity index (χ3n) is 5.68. The molecule has 0 radical (unpaired) electrons. The summed E-state index contributed by atoms with van der Waals surface area (Å²) in [5.74, 6) is -0.683. The first-order valence-electron chi connectivity index (χ1n) is 11.9. The highest BCUT2D eigenvalue weighted by atomic mass is 19.1. The molecule has 0 saturated carbocycles. The number of nitrogens with zero attached hydrogens (tertiary/aromatic N) is 3. The molecule has 0 aliphatic heterocycles. The van der Waals surface area contributed by atoms with Gasteiger partial charge >= 0.3 is 0 Å². The SMILES string of the molecule is COCCN(Cc1cccn1Cc1ccccc1)C(=O)CN(CC(C)C)C(=O)c1ccc(F)cc1. The fourth-order valence-electron chi connectivity index (χ4n) is 3.91. The molecule has 0 aliphatic rings. The van der Waals surface area contributed by atoms with E-state index in [1.165, 1.54) is 29.8 Å². The van der Waals surface area contributed by atoms with E-state index in [0.717, 1.165) is 5.69 Å². The number of carbonyl (C=O) groups excluding carboxylic acids is 2. The van der Waals surface area contributed by atoms with E-state index in [9.17, 15) is 14.0 Å². The van der Waals surface area contributed by atoms with Gasteiger partial charge in [0.15, 0.2) is 0 Å². The number of hydrogen-bond donors (Lipinski definition) is 0. The van der Waals surface area contributed by atoms with Crippen molar-refractivity contribution >= 4 is 11.8 Å². The third-order valence-corrected chi connectivity index (χ3v) is 5.68. The van der Waals surface area contributed by atoms with Crippen molar-refractivity contribution in [2.75, 3.05) is 33.4 Å². The lowest BCUT2D eigenvalue weighted by atomic mass is 10.1. The summed E-state index contributed by atoms with van der Waals surface area (Å²) in [4.78, 5) is 29.8. The van der Waals surface area contributed by atoms with Crippen LogP contribution in [-0.4, -0.2) is 59.5 Å². The van der Waals surface area contributed by atoms with E-state index in [0.29, 0.717) is 38.3 Å². The van der Waals surface area contributed by atoms with E-state index in [2.05, 4.69) is 16.7 Å². The summed E-state index contributed by atoms with van der Waals surface area (Å²) in [6.45, 7) is 6.26. The molecule has 35 heavy (non-hydrogen) atoms. The Kier molecular flexibility index (Phi) is 9.61. The number of benzene rings is 2. The van der Waals surface area contributed by atoms with Crippen LogP contribution in [0.2, 0.25) is 0 Å². The van der Waals surface area contributed by atoms with Gasteiger partial charge in [0.1, 0.15) is 12.4 Å². The molecule has 2 aromatic carbocycles. The van der Waals surface area contributed by atoms with Gasteiger partial charge in [-0.2, -0.15) is 0 Å². The lowest BCUT2D eigenvalue weighted by Crippen LogP contribution is -2.45. The molecular formula is C28H34FN3O3. The van der Waals surface area contributed by atoms with Crippen LogP contribution in [0, 0.1) is 11.7 Å². The highest BCUT2D eigenvalue weighted by Crippen LogP contribution is 2.13. The molecule has 0 unspecified atom stereocenters. The molecule has 3 rings (SSSR count). The summed E-state index contributed by atoms with van der Waals surface area (Å²) in [6, 6.07) is 19.5. The molecule has 2 amide bonds. The van der Waals surface area contributed by atoms with Gasteiger partial charge in [-0.15, -0.1) is 0 Å². The molecule has 0 spiro atoms. The van der Waals surface area contributed by atoms with Gasteiger partial charge in [-0.3, -0.25) is 9.59 Å². The van der Waals surface area contributed by atoms with Gasteiger partial charge in [-0.25, -0.2) is 4.39 Å². The zero-order chi connectivity index (χ0) is 25.2. The van der Waals surface area contributed by atoms with Crippen molar-refractivity contribution in [3.63, 3.8) is 0 Å². The molecule has 0 bridgehead atoms. The van der Waals surface area contributed by atoms with Crippen LogP contribution in [-0.2, 0) is 22.6 Å². The Balaban J connectivity index is 1.76. The molecule has 3 aromatic rings. The van der Waals surface area contributed by atoms with Crippen molar-refractivity contribution in [2.24, 2.45) is 5.92 Å². The van der Waals surface area contributed by atoms with Crippen molar-refractivity contribution < 1.29 is 18.7 Å². The summed E-state index contributed by atoms with van der Waals surface area (Å²) < 4.78 is 20.7. The number of halogens is 1. The number of amides is 2. The number of methoxy groups -OCH3 is 1. The standard InChI is InChI=1S/C28H34FN3O3/c1-22(2)18-32(28(34)24-11-13-25(29)14-12-24)21-27(33)31(16-17-35-3)20-26-10-7-15-30(26)19-23-8-5-4-6-9-23/h4-15,22H,16-21H2,1-3H3. The number of hydrogen-bond acceptors (Lipinski definition) is 3. The number of carbonyl (C=O) groups is 2. The van der Waals surface area contributed by atoms with Gasteiger partial charge in [0.05, 0.1) is 13.2 Å². The Morgan fingerprint density at radius 3 is 2.34 bits per heavy atom. The van der Waals surface area contributed by atoms with Gasteiger partial charge in [0.2, 0.25) is 5.91 Å². The summed E-state index contributed by atoms with van der Waals surface area (Å²) >= 11 is 0. The van der Waals surface area contributed by atoms with Crippen LogP contribution in [0.5, 0.6) is 0 Å². The van der Waals surface area contributed by atoms with Crippen LogP contribution in [0.1, 0.15) is 35.5 Å². The minimum atomic E-state index is -0.405. The molecule has 1 heterocycles. The highest BCUT2D eigenvalue weighted by Gasteiger charge is 2.24. The van der Waals surface area contributed by atoms with Crippen molar-refractivity contribution in [1.82, 2.24) is 14.4 Å². The Hall–Kier alpha value is -3.45. The van der Waals surface area contributed by atoms with Crippen molar-refractivity contribution in [1.29, 1.82) is 0 Å². The fourth-order valence-corrected chi connectivity index (χ4v) is 3.91. The number of ether oxygens (including phenoxy) is 1. The predicted molar refractivity (Wildman–Crippen MR) is 134 cm³/mol. The molecular weight excluding hydrogens is 445 g/mol. The molecule has 1 aromatic heterocycles. The summed E-state index contributed by atoms with van der Waals surface area (Å²) in [5, 5.41) is 0. The van der Waals surface area contributed by atoms with Crippen LogP contribution in [0.3, 0.4) is 0 Å². The summed E-state index contributed by atoms with van der Waals surface area (Å²) in [6.07, 6.45) is 2.00. The molecule has 0 atom stereocenters. The zero-order valence-electron chi connectivity index (χ0n) is 20.7. The minimum Gasteiger partial charge on any atom is -0.383 e. The van der Waals surface area contributed by atoms with Crippen molar-refractivity contribution in [3.05, 3.63) is 95.6 Å². The zero-order valence-corrected chi connectivity index (χ0v) is 20.7. The monoisotopic (exact) mass is 479 g/mol. The van der Waals surface area contributed by atoms with Crippen LogP contribution in [0.4, 0.5) is 4.39 Å². The Morgan fingerprint density at radius 2 is 1.69 bits per heavy atom. The minimum absolute atomic E-state index is 0.0580. The van der Waals surface area contributed by atoms with Gasteiger partial charge in [-0.05, 0) is 47.9 Å². The summed E-state index contributed by atoms with van der Waals surface area (Å²) in [5.41, 5.74) is 2.53. The fraction of sp³-hybridized carbons (Fsp3) is 0.357. The van der Waals surface area contributed by atoms with Gasteiger partial charge in [0.25, 0.3) is 5.91 Å². The van der Waals surface area contributed by atoms with Gasteiger partial charge in [-0.1, -0.05) is 44.2 Å². The Morgan fingerprint density at radius 1 is 0.971 bits per heavy atom. The Labute approximate surface area is 206 Å². The lowest BCUT2D eigenvalue weighted by Gasteiger charge is -2.29. The van der Waals surface area contributed by atoms with E-state index in [1.807, 2.05) is 50.4 Å². The second-order valence-electron chi connectivity index (χ2n) is 9.01. The van der Waals surface area contributed by atoms with Crippen LogP contribution >= 0.6 is 0 Å². The molecule has 186 valence electrons. The molecule has 0 fully saturated rings. The Bertz CT molecular complexity index is 1080. The van der Waals surface area contributed by atoms with Crippen molar-refractivity contribution in [3.8, 4) is 0 Å². The number of rotatable bonds is 12. The van der Waals surface area contributed by atoms with E-state index in [1.54, 1.807) is 16.9 Å². The first-order chi connectivity index (χ1) is 16.9. The largest absolute Gasteiger partial charge is 0.383 e. The number of aromatic nitrogens is 1. The average Bonchev–Trinajstić information content (AvgIpc) is 3.28. The lowest BCUT2D eigenvalue weighted by molar-refractivity contribution is -0.133.